The van der Waals surface area contributed by atoms with Crippen LogP contribution in [0, 0.1) is 6.92 Å². The number of benzene rings is 3. The minimum absolute atomic E-state index is 0.112. The summed E-state index contributed by atoms with van der Waals surface area (Å²) in [5.74, 6) is -0.112. The van der Waals surface area contributed by atoms with E-state index in [-0.39, 0.29) is 5.91 Å². The van der Waals surface area contributed by atoms with Crippen molar-refractivity contribution in [3.63, 3.8) is 0 Å². The number of pyridine rings is 1. The van der Waals surface area contributed by atoms with E-state index in [1.165, 1.54) is 11.3 Å². The number of thiazole rings is 1. The first-order valence-electron chi connectivity index (χ1n) is 9.86. The third-order valence-corrected chi connectivity index (χ3v) is 6.71. The van der Waals surface area contributed by atoms with Crippen molar-refractivity contribution < 1.29 is 4.79 Å². The first-order chi connectivity index (χ1) is 15.1. The molecule has 0 aliphatic heterocycles. The number of nitrogens with zero attached hydrogens (tertiary/aromatic N) is 3. The van der Waals surface area contributed by atoms with Crippen LogP contribution >= 0.6 is 22.9 Å². The molecule has 5 aromatic rings. The van der Waals surface area contributed by atoms with E-state index in [1.54, 1.807) is 11.1 Å². The smallest absolute Gasteiger partial charge is 0.260 e. The molecular formula is C25H18ClN3OS. The Morgan fingerprint density at radius 1 is 1.00 bits per heavy atom. The molecule has 2 heterocycles. The molecular weight excluding hydrogens is 426 g/mol. The summed E-state index contributed by atoms with van der Waals surface area (Å²) in [5.41, 5.74) is 3.15. The molecule has 4 nitrogen and oxygen atoms in total. The maximum absolute atomic E-state index is 13.7. The van der Waals surface area contributed by atoms with Gasteiger partial charge in [0.25, 0.3) is 5.91 Å². The van der Waals surface area contributed by atoms with E-state index < -0.39 is 0 Å². The molecule has 0 fully saturated rings. The molecule has 0 saturated carbocycles. The van der Waals surface area contributed by atoms with Crippen LogP contribution in [0.5, 0.6) is 0 Å². The molecule has 0 N–H and O–H groups in total. The Balaban J connectivity index is 1.61. The number of hydrogen-bond acceptors (Lipinski definition) is 4. The van der Waals surface area contributed by atoms with Gasteiger partial charge in [-0.3, -0.25) is 14.7 Å². The fourth-order valence-electron chi connectivity index (χ4n) is 3.56. The first-order valence-corrected chi connectivity index (χ1v) is 11.1. The predicted octanol–water partition coefficient (Wildman–Crippen LogP) is 6.65. The van der Waals surface area contributed by atoms with E-state index >= 15 is 0 Å². The number of fused-ring (bicyclic) bond motifs is 2. The summed E-state index contributed by atoms with van der Waals surface area (Å²) in [6.07, 6.45) is 1.73. The van der Waals surface area contributed by atoms with Gasteiger partial charge in [0, 0.05) is 16.8 Å². The monoisotopic (exact) mass is 443 g/mol. The van der Waals surface area contributed by atoms with Gasteiger partial charge in [0.2, 0.25) is 0 Å². The first kappa shape index (κ1) is 19.7. The number of halogens is 1. The average Bonchev–Trinajstić information content (AvgIpc) is 3.25. The van der Waals surface area contributed by atoms with Crippen LogP contribution in [0.15, 0.2) is 79.0 Å². The highest BCUT2D eigenvalue weighted by molar-refractivity contribution is 7.22. The van der Waals surface area contributed by atoms with Gasteiger partial charge in [0.05, 0.1) is 22.5 Å². The van der Waals surface area contributed by atoms with E-state index in [0.29, 0.717) is 22.3 Å². The molecule has 0 saturated heterocycles. The van der Waals surface area contributed by atoms with E-state index in [4.69, 9.17) is 16.6 Å². The molecule has 3 aromatic carbocycles. The molecule has 0 aliphatic rings. The van der Waals surface area contributed by atoms with Gasteiger partial charge >= 0.3 is 0 Å². The quantitative estimate of drug-likeness (QED) is 0.312. The normalized spacial score (nSPS) is 11.2. The lowest BCUT2D eigenvalue weighted by Crippen LogP contribution is -2.30. The zero-order chi connectivity index (χ0) is 21.4. The number of aromatic nitrogens is 2. The van der Waals surface area contributed by atoms with Gasteiger partial charge in [-0.05, 0) is 59.7 Å². The van der Waals surface area contributed by atoms with Crippen LogP contribution in [-0.4, -0.2) is 15.9 Å². The zero-order valence-corrected chi connectivity index (χ0v) is 18.3. The minimum Gasteiger partial charge on any atom is -0.278 e. The summed E-state index contributed by atoms with van der Waals surface area (Å²) in [6, 6.07) is 23.3. The topological polar surface area (TPSA) is 46.1 Å². The fraction of sp³-hybridized carbons (Fsp3) is 0.0800. The fourth-order valence-corrected chi connectivity index (χ4v) is 4.74. The Morgan fingerprint density at radius 3 is 2.61 bits per heavy atom. The highest BCUT2D eigenvalue weighted by Gasteiger charge is 2.23. The van der Waals surface area contributed by atoms with E-state index in [0.717, 1.165) is 32.2 Å². The van der Waals surface area contributed by atoms with Crippen LogP contribution < -0.4 is 4.90 Å². The molecule has 0 unspecified atom stereocenters. The van der Waals surface area contributed by atoms with Crippen molar-refractivity contribution in [3.05, 3.63) is 101 Å². The zero-order valence-electron chi connectivity index (χ0n) is 16.7. The molecule has 0 aliphatic carbocycles. The Morgan fingerprint density at radius 2 is 1.81 bits per heavy atom. The van der Waals surface area contributed by atoms with Gasteiger partial charge in [-0.25, -0.2) is 4.98 Å². The van der Waals surface area contributed by atoms with Crippen molar-refractivity contribution in [2.24, 2.45) is 0 Å². The Bertz CT molecular complexity index is 1410. The molecule has 0 atom stereocenters. The lowest BCUT2D eigenvalue weighted by molar-refractivity contribution is 0.0985. The van der Waals surface area contributed by atoms with Crippen LogP contribution in [0.4, 0.5) is 5.13 Å². The van der Waals surface area contributed by atoms with Crippen molar-refractivity contribution in [2.75, 3.05) is 4.90 Å². The van der Waals surface area contributed by atoms with E-state index in [2.05, 4.69) is 4.98 Å². The third kappa shape index (κ3) is 3.78. The summed E-state index contributed by atoms with van der Waals surface area (Å²) in [4.78, 5) is 24.6. The number of carbonyl (C=O) groups excluding carboxylic acids is 1. The SMILES string of the molecule is Cc1c(Cl)ccc2sc(N(Cc3ccccn3)C(=O)c3ccc4ccccc4c3)nc12. The Hall–Kier alpha value is -3.28. The standard InChI is InChI=1S/C25H18ClN3OS/c1-16-21(26)11-12-22-23(16)28-25(31-22)29(15-20-8-4-5-13-27-20)24(30)19-10-9-17-6-2-3-7-18(17)14-19/h2-14H,15H2,1H3. The van der Waals surface area contributed by atoms with Crippen molar-refractivity contribution in [1.29, 1.82) is 0 Å². The third-order valence-electron chi connectivity index (χ3n) is 5.26. The summed E-state index contributed by atoms with van der Waals surface area (Å²) in [5, 5.41) is 3.42. The van der Waals surface area contributed by atoms with Gasteiger partial charge in [0.15, 0.2) is 5.13 Å². The second-order valence-corrected chi connectivity index (χ2v) is 8.71. The number of anilines is 1. The van der Waals surface area contributed by atoms with Crippen molar-refractivity contribution in [1.82, 2.24) is 9.97 Å². The van der Waals surface area contributed by atoms with Crippen LogP contribution in [0.1, 0.15) is 21.6 Å². The van der Waals surface area contributed by atoms with Gasteiger partial charge in [0.1, 0.15) is 0 Å². The Kier molecular flexibility index (Phi) is 5.14. The maximum atomic E-state index is 13.7. The lowest BCUT2D eigenvalue weighted by Gasteiger charge is -2.20. The van der Waals surface area contributed by atoms with Crippen molar-refractivity contribution in [3.8, 4) is 0 Å². The van der Waals surface area contributed by atoms with Crippen LogP contribution in [0.25, 0.3) is 21.0 Å². The maximum Gasteiger partial charge on any atom is 0.260 e. The number of carbonyl (C=O) groups is 1. The summed E-state index contributed by atoms with van der Waals surface area (Å²) >= 11 is 7.78. The minimum atomic E-state index is -0.112. The molecule has 5 rings (SSSR count). The highest BCUT2D eigenvalue weighted by atomic mass is 35.5. The second kappa shape index (κ2) is 8.10. The lowest BCUT2D eigenvalue weighted by atomic mass is 10.1. The number of rotatable bonds is 4. The Labute approximate surface area is 188 Å². The highest BCUT2D eigenvalue weighted by Crippen LogP contribution is 2.34. The molecule has 6 heteroatoms. The number of amides is 1. The largest absolute Gasteiger partial charge is 0.278 e. The molecule has 0 spiro atoms. The number of aryl methyl sites for hydroxylation is 1. The van der Waals surface area contributed by atoms with E-state index in [1.807, 2.05) is 79.7 Å². The predicted molar refractivity (Wildman–Crippen MR) is 128 cm³/mol. The van der Waals surface area contributed by atoms with Gasteiger partial charge < -0.3 is 0 Å². The molecule has 31 heavy (non-hydrogen) atoms. The molecule has 0 radical (unpaired) electrons. The average molecular weight is 444 g/mol. The van der Waals surface area contributed by atoms with Crippen LogP contribution in [-0.2, 0) is 6.54 Å². The van der Waals surface area contributed by atoms with Crippen molar-refractivity contribution >= 4 is 55.0 Å². The number of hydrogen-bond donors (Lipinski definition) is 0. The second-order valence-electron chi connectivity index (χ2n) is 7.29. The molecule has 1 amide bonds. The van der Waals surface area contributed by atoms with Gasteiger partial charge in [-0.15, -0.1) is 0 Å². The van der Waals surface area contributed by atoms with Gasteiger partial charge in [-0.1, -0.05) is 59.3 Å². The summed E-state index contributed by atoms with van der Waals surface area (Å²) in [6.45, 7) is 2.28. The summed E-state index contributed by atoms with van der Waals surface area (Å²) in [7, 11) is 0. The van der Waals surface area contributed by atoms with Crippen LogP contribution in [0.3, 0.4) is 0 Å². The molecule has 2 aromatic heterocycles. The van der Waals surface area contributed by atoms with Gasteiger partial charge in [-0.2, -0.15) is 0 Å². The molecule has 152 valence electrons. The molecule has 0 bridgehead atoms. The summed E-state index contributed by atoms with van der Waals surface area (Å²) < 4.78 is 0.995. The van der Waals surface area contributed by atoms with Crippen LogP contribution in [0.2, 0.25) is 5.02 Å². The van der Waals surface area contributed by atoms with E-state index in [9.17, 15) is 4.79 Å². The van der Waals surface area contributed by atoms with Crippen molar-refractivity contribution in [2.45, 2.75) is 13.5 Å².